The van der Waals surface area contributed by atoms with E-state index >= 15 is 0 Å². The Balaban J connectivity index is 1.62. The summed E-state index contributed by atoms with van der Waals surface area (Å²) in [5.74, 6) is 2.08. The zero-order valence-electron chi connectivity index (χ0n) is 14.6. The number of ether oxygens (including phenoxy) is 2. The minimum absolute atomic E-state index is 0.0584. The van der Waals surface area contributed by atoms with E-state index in [1.54, 1.807) is 7.11 Å². The lowest BCUT2D eigenvalue weighted by Crippen LogP contribution is -2.13. The van der Waals surface area contributed by atoms with Crippen molar-refractivity contribution in [2.75, 3.05) is 12.4 Å². The molecule has 0 aromatic heterocycles. The predicted molar refractivity (Wildman–Crippen MR) is 103 cm³/mol. The van der Waals surface area contributed by atoms with Gasteiger partial charge in [0.15, 0.2) is 5.75 Å². The van der Waals surface area contributed by atoms with E-state index in [2.05, 4.69) is 5.32 Å². The smallest absolute Gasteiger partial charge is 0.224 e. The maximum Gasteiger partial charge on any atom is 0.224 e. The van der Waals surface area contributed by atoms with E-state index in [0.29, 0.717) is 24.3 Å². The van der Waals surface area contributed by atoms with Crippen LogP contribution in [-0.4, -0.2) is 13.0 Å². The molecule has 0 unspecified atom stereocenters. The summed E-state index contributed by atoms with van der Waals surface area (Å²) in [4.78, 5) is 12.3. The first kappa shape index (κ1) is 17.5. The Kier molecular flexibility index (Phi) is 5.88. The number of amides is 1. The number of hydrogen-bond acceptors (Lipinski definition) is 3. The van der Waals surface area contributed by atoms with E-state index in [1.165, 1.54) is 0 Å². The summed E-state index contributed by atoms with van der Waals surface area (Å²) in [6.45, 7) is 0. The highest BCUT2D eigenvalue weighted by Gasteiger charge is 2.09. The number of methoxy groups -OCH3 is 1. The zero-order valence-corrected chi connectivity index (χ0v) is 14.6. The molecule has 0 heterocycles. The number of hydrogen-bond donors (Lipinski definition) is 1. The molecule has 3 aromatic carbocycles. The Morgan fingerprint density at radius 3 is 2.42 bits per heavy atom. The molecule has 0 atom stereocenters. The van der Waals surface area contributed by atoms with E-state index in [-0.39, 0.29) is 5.91 Å². The van der Waals surface area contributed by atoms with Gasteiger partial charge in [0.25, 0.3) is 0 Å². The second-order valence-electron chi connectivity index (χ2n) is 5.81. The number of carbonyl (C=O) groups is 1. The fourth-order valence-electron chi connectivity index (χ4n) is 2.57. The summed E-state index contributed by atoms with van der Waals surface area (Å²) < 4.78 is 11.1. The molecule has 0 radical (unpaired) electrons. The third-order valence-electron chi connectivity index (χ3n) is 3.91. The maximum atomic E-state index is 12.3. The van der Waals surface area contributed by atoms with Crippen LogP contribution in [0.1, 0.15) is 12.0 Å². The van der Waals surface area contributed by atoms with Crippen molar-refractivity contribution in [3.63, 3.8) is 0 Å². The molecule has 0 aliphatic carbocycles. The van der Waals surface area contributed by atoms with Crippen LogP contribution in [-0.2, 0) is 11.2 Å². The van der Waals surface area contributed by atoms with Gasteiger partial charge in [0.1, 0.15) is 11.5 Å². The summed E-state index contributed by atoms with van der Waals surface area (Å²) >= 11 is 0. The molecule has 3 aromatic rings. The largest absolute Gasteiger partial charge is 0.497 e. The third-order valence-corrected chi connectivity index (χ3v) is 3.91. The van der Waals surface area contributed by atoms with E-state index in [0.717, 1.165) is 17.1 Å². The number of benzene rings is 3. The molecule has 26 heavy (non-hydrogen) atoms. The third kappa shape index (κ3) is 4.86. The minimum atomic E-state index is -0.0584. The number of anilines is 1. The van der Waals surface area contributed by atoms with Crippen LogP contribution in [0.15, 0.2) is 78.9 Å². The number of nitrogens with one attached hydrogen (secondary N) is 1. The first-order valence-electron chi connectivity index (χ1n) is 8.49. The fourth-order valence-corrected chi connectivity index (χ4v) is 2.57. The summed E-state index contributed by atoms with van der Waals surface area (Å²) in [5, 5.41) is 2.93. The van der Waals surface area contributed by atoms with Gasteiger partial charge in [-0.3, -0.25) is 4.79 Å². The molecule has 4 heteroatoms. The van der Waals surface area contributed by atoms with Gasteiger partial charge in [-0.25, -0.2) is 0 Å². The van der Waals surface area contributed by atoms with Crippen LogP contribution in [0.5, 0.6) is 17.2 Å². The Labute approximate surface area is 153 Å². The van der Waals surface area contributed by atoms with Gasteiger partial charge in [0, 0.05) is 6.42 Å². The fraction of sp³-hybridized carbons (Fsp3) is 0.136. The number of para-hydroxylation sites is 3. The second-order valence-corrected chi connectivity index (χ2v) is 5.81. The van der Waals surface area contributed by atoms with E-state index in [4.69, 9.17) is 9.47 Å². The molecule has 0 fully saturated rings. The zero-order chi connectivity index (χ0) is 18.2. The first-order chi connectivity index (χ1) is 12.7. The number of aryl methyl sites for hydroxylation is 1. The van der Waals surface area contributed by atoms with Crippen LogP contribution >= 0.6 is 0 Å². The van der Waals surface area contributed by atoms with Crippen molar-refractivity contribution in [1.82, 2.24) is 0 Å². The lowest BCUT2D eigenvalue weighted by Gasteiger charge is -2.12. The summed E-state index contributed by atoms with van der Waals surface area (Å²) in [5.41, 5.74) is 1.72. The van der Waals surface area contributed by atoms with Crippen LogP contribution in [0.4, 0.5) is 5.69 Å². The average molecular weight is 347 g/mol. The molecule has 0 bridgehead atoms. The molecule has 1 amide bonds. The quantitative estimate of drug-likeness (QED) is 0.650. The van der Waals surface area contributed by atoms with Gasteiger partial charge in [-0.2, -0.15) is 0 Å². The van der Waals surface area contributed by atoms with Crippen molar-refractivity contribution in [3.8, 4) is 17.2 Å². The molecule has 3 rings (SSSR count). The summed E-state index contributed by atoms with van der Waals surface area (Å²) in [6.07, 6.45) is 1.03. The number of carbonyl (C=O) groups excluding carboxylic acids is 1. The van der Waals surface area contributed by atoms with E-state index < -0.39 is 0 Å². The van der Waals surface area contributed by atoms with Crippen LogP contribution < -0.4 is 14.8 Å². The molecular weight excluding hydrogens is 326 g/mol. The van der Waals surface area contributed by atoms with Gasteiger partial charge in [-0.1, -0.05) is 42.5 Å². The van der Waals surface area contributed by atoms with Crippen molar-refractivity contribution in [2.45, 2.75) is 12.8 Å². The van der Waals surface area contributed by atoms with Gasteiger partial charge < -0.3 is 14.8 Å². The lowest BCUT2D eigenvalue weighted by atomic mass is 10.1. The maximum absolute atomic E-state index is 12.3. The van der Waals surface area contributed by atoms with Crippen molar-refractivity contribution < 1.29 is 14.3 Å². The molecular formula is C22H21NO3. The molecule has 4 nitrogen and oxygen atoms in total. The van der Waals surface area contributed by atoms with Gasteiger partial charge in [-0.15, -0.1) is 0 Å². The predicted octanol–water partition coefficient (Wildman–Crippen LogP) is 5.06. The SMILES string of the molecule is COc1cccc(CCC(=O)Nc2ccccc2Oc2ccccc2)c1. The molecule has 1 N–H and O–H groups in total. The standard InChI is InChI=1S/C22H21NO3/c1-25-19-11-7-8-17(16-19)14-15-22(24)23-20-12-5-6-13-21(20)26-18-9-3-2-4-10-18/h2-13,16H,14-15H2,1H3,(H,23,24). The Bertz CT molecular complexity index is 862. The second kappa shape index (κ2) is 8.72. The van der Waals surface area contributed by atoms with E-state index in [1.807, 2.05) is 78.9 Å². The van der Waals surface area contributed by atoms with Gasteiger partial charge >= 0.3 is 0 Å². The molecule has 0 saturated heterocycles. The molecule has 0 aliphatic heterocycles. The highest BCUT2D eigenvalue weighted by atomic mass is 16.5. The molecule has 0 saturated carbocycles. The first-order valence-corrected chi connectivity index (χ1v) is 8.49. The van der Waals surface area contributed by atoms with E-state index in [9.17, 15) is 4.79 Å². The summed E-state index contributed by atoms with van der Waals surface area (Å²) in [6, 6.07) is 24.7. The average Bonchev–Trinajstić information content (AvgIpc) is 2.69. The van der Waals surface area contributed by atoms with Crippen LogP contribution in [0, 0.1) is 0 Å². The van der Waals surface area contributed by atoms with Crippen LogP contribution in [0.3, 0.4) is 0 Å². The summed E-state index contributed by atoms with van der Waals surface area (Å²) in [7, 11) is 1.63. The topological polar surface area (TPSA) is 47.6 Å². The van der Waals surface area contributed by atoms with Crippen molar-refractivity contribution in [2.24, 2.45) is 0 Å². The minimum Gasteiger partial charge on any atom is -0.497 e. The van der Waals surface area contributed by atoms with Gasteiger partial charge in [0.05, 0.1) is 12.8 Å². The normalized spacial score (nSPS) is 10.2. The van der Waals surface area contributed by atoms with Crippen molar-refractivity contribution in [3.05, 3.63) is 84.4 Å². The Morgan fingerprint density at radius 1 is 0.885 bits per heavy atom. The Morgan fingerprint density at radius 2 is 1.62 bits per heavy atom. The highest BCUT2D eigenvalue weighted by molar-refractivity contribution is 5.92. The lowest BCUT2D eigenvalue weighted by molar-refractivity contribution is -0.116. The molecule has 132 valence electrons. The van der Waals surface area contributed by atoms with Crippen LogP contribution in [0.25, 0.3) is 0 Å². The highest BCUT2D eigenvalue weighted by Crippen LogP contribution is 2.29. The molecule has 0 aliphatic rings. The van der Waals surface area contributed by atoms with Gasteiger partial charge in [-0.05, 0) is 48.4 Å². The monoisotopic (exact) mass is 347 g/mol. The number of rotatable bonds is 7. The van der Waals surface area contributed by atoms with Crippen molar-refractivity contribution >= 4 is 11.6 Å². The van der Waals surface area contributed by atoms with Gasteiger partial charge in [0.2, 0.25) is 5.91 Å². The van der Waals surface area contributed by atoms with Crippen LogP contribution in [0.2, 0.25) is 0 Å². The Hall–Kier alpha value is -3.27. The molecule has 0 spiro atoms. The van der Waals surface area contributed by atoms with Crippen molar-refractivity contribution in [1.29, 1.82) is 0 Å².